The van der Waals surface area contributed by atoms with E-state index in [4.69, 9.17) is 9.15 Å². The first-order valence-electron chi connectivity index (χ1n) is 5.53. The molecule has 1 aliphatic carbocycles. The van der Waals surface area contributed by atoms with Gasteiger partial charge < -0.3 is 9.15 Å². The summed E-state index contributed by atoms with van der Waals surface area (Å²) >= 11 is 0. The van der Waals surface area contributed by atoms with E-state index >= 15 is 0 Å². The summed E-state index contributed by atoms with van der Waals surface area (Å²) in [7, 11) is 0. The van der Waals surface area contributed by atoms with E-state index in [0.717, 1.165) is 30.6 Å². The van der Waals surface area contributed by atoms with Crippen molar-refractivity contribution in [1.29, 1.82) is 0 Å². The fraction of sp³-hybridized carbons (Fsp3) is 0.583. The molecule has 3 rings (SSSR count). The Morgan fingerprint density at radius 1 is 1.33 bits per heavy atom. The van der Waals surface area contributed by atoms with Crippen LogP contribution in [0.5, 0.6) is 0 Å². The number of ether oxygens (including phenoxy) is 1. The van der Waals surface area contributed by atoms with Crippen LogP contribution in [-0.2, 0) is 21.6 Å². The summed E-state index contributed by atoms with van der Waals surface area (Å²) in [6.45, 7) is 0.559. The molecule has 80 valence electrons. The number of carbonyl (C=O) groups is 1. The molecule has 1 aromatic heterocycles. The van der Waals surface area contributed by atoms with Gasteiger partial charge in [0.05, 0.1) is 12.9 Å². The molecule has 1 unspecified atom stereocenters. The fourth-order valence-corrected chi connectivity index (χ4v) is 2.76. The van der Waals surface area contributed by atoms with Crippen LogP contribution in [0.4, 0.5) is 0 Å². The number of Topliss-reactive ketones (excluding diaryl/α,β-unsaturated/α-hetero) is 1. The normalized spacial score (nSPS) is 30.5. The number of ketones is 1. The maximum atomic E-state index is 11.6. The van der Waals surface area contributed by atoms with Crippen molar-refractivity contribution < 1.29 is 13.9 Å². The maximum Gasteiger partial charge on any atom is 0.138 e. The molecule has 0 radical (unpaired) electrons. The van der Waals surface area contributed by atoms with Gasteiger partial charge in [0, 0.05) is 24.8 Å². The van der Waals surface area contributed by atoms with Crippen LogP contribution in [-0.4, -0.2) is 12.4 Å². The Hall–Kier alpha value is -1.09. The van der Waals surface area contributed by atoms with E-state index in [2.05, 4.69) is 0 Å². The molecular formula is C12H14O3. The number of fused-ring (bicyclic) bond motifs is 2. The third kappa shape index (κ3) is 1.34. The highest BCUT2D eigenvalue weighted by Gasteiger charge is 2.43. The molecule has 0 aromatic carbocycles. The first-order valence-corrected chi connectivity index (χ1v) is 5.53. The van der Waals surface area contributed by atoms with Crippen molar-refractivity contribution in [2.24, 2.45) is 0 Å². The quantitative estimate of drug-likeness (QED) is 0.653. The number of carbonyl (C=O) groups excluding carboxylic acids is 1. The van der Waals surface area contributed by atoms with Gasteiger partial charge in [-0.15, -0.1) is 0 Å². The highest BCUT2D eigenvalue weighted by Crippen LogP contribution is 2.43. The van der Waals surface area contributed by atoms with Crippen LogP contribution in [0.2, 0.25) is 0 Å². The Bertz CT molecular complexity index is 393. The molecule has 0 saturated carbocycles. The molecule has 1 atom stereocenters. The van der Waals surface area contributed by atoms with Crippen molar-refractivity contribution in [3.05, 3.63) is 23.7 Å². The van der Waals surface area contributed by atoms with E-state index in [1.807, 2.05) is 6.07 Å². The third-order valence-corrected chi connectivity index (χ3v) is 3.46. The Labute approximate surface area is 88.4 Å². The highest BCUT2D eigenvalue weighted by molar-refractivity contribution is 5.80. The molecular weight excluding hydrogens is 192 g/mol. The van der Waals surface area contributed by atoms with Gasteiger partial charge in [-0.25, -0.2) is 0 Å². The average molecular weight is 206 g/mol. The van der Waals surface area contributed by atoms with Crippen LogP contribution < -0.4 is 0 Å². The molecule has 1 aliphatic heterocycles. The molecule has 0 amide bonds. The second kappa shape index (κ2) is 3.20. The zero-order valence-corrected chi connectivity index (χ0v) is 8.62. The zero-order valence-electron chi connectivity index (χ0n) is 8.62. The summed E-state index contributed by atoms with van der Waals surface area (Å²) in [6.07, 6.45) is 5.77. The van der Waals surface area contributed by atoms with E-state index in [-0.39, 0.29) is 5.60 Å². The lowest BCUT2D eigenvalue weighted by Gasteiger charge is -2.39. The number of rotatable bonds is 0. The van der Waals surface area contributed by atoms with Gasteiger partial charge in [0.25, 0.3) is 0 Å². The van der Waals surface area contributed by atoms with Gasteiger partial charge in [-0.3, -0.25) is 4.79 Å². The van der Waals surface area contributed by atoms with E-state index in [1.165, 1.54) is 0 Å². The molecule has 3 heteroatoms. The largest absolute Gasteiger partial charge is 0.469 e. The Morgan fingerprint density at radius 3 is 3.13 bits per heavy atom. The first-order chi connectivity index (χ1) is 7.30. The SMILES string of the molecule is O=C1CCOC2(CCCc3occc32)C1. The molecule has 1 spiro atoms. The van der Waals surface area contributed by atoms with Crippen LogP contribution in [0, 0.1) is 0 Å². The number of furan rings is 1. The smallest absolute Gasteiger partial charge is 0.138 e. The zero-order chi connectivity index (χ0) is 10.3. The summed E-state index contributed by atoms with van der Waals surface area (Å²) in [5, 5.41) is 0. The number of aryl methyl sites for hydroxylation is 1. The lowest BCUT2D eigenvalue weighted by molar-refractivity contribution is -0.144. The van der Waals surface area contributed by atoms with Crippen molar-refractivity contribution >= 4 is 5.78 Å². The van der Waals surface area contributed by atoms with E-state index in [9.17, 15) is 4.79 Å². The summed E-state index contributed by atoms with van der Waals surface area (Å²) in [5.41, 5.74) is 0.762. The molecule has 1 saturated heterocycles. The van der Waals surface area contributed by atoms with Gasteiger partial charge in [0.15, 0.2) is 0 Å². The molecule has 1 aromatic rings. The predicted molar refractivity (Wildman–Crippen MR) is 53.5 cm³/mol. The van der Waals surface area contributed by atoms with E-state index in [1.54, 1.807) is 6.26 Å². The van der Waals surface area contributed by atoms with Crippen molar-refractivity contribution in [3.8, 4) is 0 Å². The van der Waals surface area contributed by atoms with Crippen molar-refractivity contribution in [1.82, 2.24) is 0 Å². The minimum atomic E-state index is -0.351. The first kappa shape index (κ1) is 9.16. The highest BCUT2D eigenvalue weighted by atomic mass is 16.5. The van der Waals surface area contributed by atoms with Crippen LogP contribution in [0.3, 0.4) is 0 Å². The minimum Gasteiger partial charge on any atom is -0.469 e. The monoisotopic (exact) mass is 206 g/mol. The van der Waals surface area contributed by atoms with Gasteiger partial charge in [-0.05, 0) is 18.9 Å². The van der Waals surface area contributed by atoms with Crippen LogP contribution in [0.1, 0.15) is 37.0 Å². The predicted octanol–water partition coefficient (Wildman–Crippen LogP) is 2.19. The van der Waals surface area contributed by atoms with Gasteiger partial charge in [-0.1, -0.05) is 0 Å². The summed E-state index contributed by atoms with van der Waals surface area (Å²) in [5.74, 6) is 1.33. The summed E-state index contributed by atoms with van der Waals surface area (Å²) in [4.78, 5) is 11.6. The standard InChI is InChI=1S/C12H14O3/c13-9-3-7-15-12(8-9)5-1-2-11-10(12)4-6-14-11/h4,6H,1-3,5,7-8H2. The second-order valence-corrected chi connectivity index (χ2v) is 4.42. The molecule has 2 aliphatic rings. The Balaban J connectivity index is 2.03. The van der Waals surface area contributed by atoms with Gasteiger partial charge in [-0.2, -0.15) is 0 Å². The Kier molecular flexibility index (Phi) is 1.96. The number of hydrogen-bond acceptors (Lipinski definition) is 3. The van der Waals surface area contributed by atoms with Crippen LogP contribution >= 0.6 is 0 Å². The van der Waals surface area contributed by atoms with Crippen molar-refractivity contribution in [3.63, 3.8) is 0 Å². The second-order valence-electron chi connectivity index (χ2n) is 4.42. The van der Waals surface area contributed by atoms with Crippen LogP contribution in [0.15, 0.2) is 16.7 Å². The molecule has 2 heterocycles. The third-order valence-electron chi connectivity index (χ3n) is 3.46. The van der Waals surface area contributed by atoms with Crippen molar-refractivity contribution in [2.45, 2.75) is 37.7 Å². The maximum absolute atomic E-state index is 11.6. The van der Waals surface area contributed by atoms with Crippen molar-refractivity contribution in [2.75, 3.05) is 6.61 Å². The van der Waals surface area contributed by atoms with E-state index in [0.29, 0.717) is 25.2 Å². The van der Waals surface area contributed by atoms with Crippen LogP contribution in [0.25, 0.3) is 0 Å². The molecule has 1 fully saturated rings. The number of hydrogen-bond donors (Lipinski definition) is 0. The summed E-state index contributed by atoms with van der Waals surface area (Å²) < 4.78 is 11.3. The van der Waals surface area contributed by atoms with Gasteiger partial charge in [0.1, 0.15) is 17.1 Å². The Morgan fingerprint density at radius 2 is 2.27 bits per heavy atom. The molecule has 15 heavy (non-hydrogen) atoms. The summed E-state index contributed by atoms with van der Waals surface area (Å²) in [6, 6.07) is 1.97. The molecule has 0 N–H and O–H groups in total. The van der Waals surface area contributed by atoms with E-state index < -0.39 is 0 Å². The topological polar surface area (TPSA) is 39.4 Å². The average Bonchev–Trinajstić information content (AvgIpc) is 2.67. The lowest BCUT2D eigenvalue weighted by atomic mass is 9.78. The fourth-order valence-electron chi connectivity index (χ4n) is 2.76. The molecule has 3 nitrogen and oxygen atoms in total. The van der Waals surface area contributed by atoms with Gasteiger partial charge >= 0.3 is 0 Å². The van der Waals surface area contributed by atoms with Gasteiger partial charge in [0.2, 0.25) is 0 Å². The molecule has 0 bridgehead atoms. The lowest BCUT2D eigenvalue weighted by Crippen LogP contribution is -2.39. The minimum absolute atomic E-state index is 0.315.